The van der Waals surface area contributed by atoms with Crippen LogP contribution < -0.4 is 0 Å². The third-order valence-electron chi connectivity index (χ3n) is 4.64. The van der Waals surface area contributed by atoms with Gasteiger partial charge in [-0.25, -0.2) is 5.01 Å². The first-order valence-electron chi connectivity index (χ1n) is 9.06. The third kappa shape index (κ3) is 4.23. The van der Waals surface area contributed by atoms with Crippen LogP contribution in [0.5, 0.6) is 0 Å². The molecule has 0 bridgehead atoms. The highest BCUT2D eigenvalue weighted by molar-refractivity contribution is 7.90. The van der Waals surface area contributed by atoms with Gasteiger partial charge in [0.1, 0.15) is 0 Å². The molecule has 0 saturated heterocycles. The van der Waals surface area contributed by atoms with Gasteiger partial charge in [-0.2, -0.15) is 13.5 Å². The van der Waals surface area contributed by atoms with Gasteiger partial charge < -0.3 is 0 Å². The molecular weight excluding hydrogens is 406 g/mol. The van der Waals surface area contributed by atoms with Crippen molar-refractivity contribution in [1.82, 2.24) is 5.01 Å². The first kappa shape index (κ1) is 19.4. The smallest absolute Gasteiger partial charge is 0.236 e. The van der Waals surface area contributed by atoms with Gasteiger partial charge in [-0.15, -0.1) is 4.40 Å². The van der Waals surface area contributed by atoms with Crippen molar-refractivity contribution in [2.45, 2.75) is 10.8 Å². The molecule has 29 heavy (non-hydrogen) atoms. The molecule has 146 valence electrons. The Kier molecular flexibility index (Phi) is 5.47. The van der Waals surface area contributed by atoms with Crippen LogP contribution in [0.3, 0.4) is 0 Å². The van der Waals surface area contributed by atoms with Crippen molar-refractivity contribution in [3.8, 4) is 0 Å². The minimum absolute atomic E-state index is 0.0537. The highest BCUT2D eigenvalue weighted by Crippen LogP contribution is 2.29. The summed E-state index contributed by atoms with van der Waals surface area (Å²) >= 11 is 6.32. The average molecular weight is 424 g/mol. The maximum atomic E-state index is 12.6. The molecule has 5 nitrogen and oxygen atoms in total. The number of hydrogen-bond donors (Lipinski definition) is 0. The number of halogens is 1. The Morgan fingerprint density at radius 2 is 1.45 bits per heavy atom. The second-order valence-electron chi connectivity index (χ2n) is 6.55. The highest BCUT2D eigenvalue weighted by Gasteiger charge is 2.31. The Hall–Kier alpha value is -2.96. The van der Waals surface area contributed by atoms with Gasteiger partial charge in [0, 0.05) is 5.92 Å². The van der Waals surface area contributed by atoms with Gasteiger partial charge in [-0.05, 0) is 34.9 Å². The van der Waals surface area contributed by atoms with Crippen LogP contribution in [0.4, 0.5) is 0 Å². The second kappa shape index (κ2) is 8.19. The molecule has 0 N–H and O–H groups in total. The van der Waals surface area contributed by atoms with E-state index in [9.17, 15) is 8.42 Å². The number of hydrogen-bond acceptors (Lipinski definition) is 3. The van der Waals surface area contributed by atoms with Gasteiger partial charge in [0.2, 0.25) is 5.29 Å². The van der Waals surface area contributed by atoms with E-state index in [2.05, 4.69) is 9.50 Å². The Morgan fingerprint density at radius 3 is 2.07 bits per heavy atom. The van der Waals surface area contributed by atoms with Crippen molar-refractivity contribution < 1.29 is 8.42 Å². The molecule has 0 saturated carbocycles. The predicted octanol–water partition coefficient (Wildman–Crippen LogP) is 4.47. The zero-order valence-corrected chi connectivity index (χ0v) is 17.0. The van der Waals surface area contributed by atoms with E-state index >= 15 is 0 Å². The Labute approximate surface area is 175 Å². The van der Waals surface area contributed by atoms with E-state index in [1.165, 1.54) is 17.1 Å². The van der Waals surface area contributed by atoms with E-state index < -0.39 is 10.0 Å². The van der Waals surface area contributed by atoms with Gasteiger partial charge in [-0.1, -0.05) is 78.9 Å². The fourth-order valence-corrected chi connectivity index (χ4v) is 4.50. The van der Waals surface area contributed by atoms with Crippen molar-refractivity contribution in [3.05, 3.63) is 102 Å². The molecule has 0 aromatic heterocycles. The topological polar surface area (TPSA) is 62.1 Å². The number of hydrazone groups is 1. The summed E-state index contributed by atoms with van der Waals surface area (Å²) < 4.78 is 28.9. The number of nitrogens with zero attached hydrogens (tertiary/aromatic N) is 3. The van der Waals surface area contributed by atoms with Gasteiger partial charge in [0.25, 0.3) is 10.0 Å². The lowest BCUT2D eigenvalue weighted by molar-refractivity contribution is 0.483. The van der Waals surface area contributed by atoms with Crippen LogP contribution in [0.2, 0.25) is 0 Å². The molecule has 0 radical (unpaired) electrons. The van der Waals surface area contributed by atoms with Gasteiger partial charge in [0.15, 0.2) is 0 Å². The lowest BCUT2D eigenvalue weighted by Crippen LogP contribution is -2.23. The summed E-state index contributed by atoms with van der Waals surface area (Å²) in [7, 11) is -3.92. The van der Waals surface area contributed by atoms with Crippen LogP contribution in [-0.4, -0.2) is 31.0 Å². The Balaban J connectivity index is 1.70. The van der Waals surface area contributed by atoms with Crippen LogP contribution in [0.15, 0.2) is 105 Å². The highest BCUT2D eigenvalue weighted by atomic mass is 35.5. The second-order valence-corrected chi connectivity index (χ2v) is 8.49. The molecule has 1 aliphatic heterocycles. The van der Waals surface area contributed by atoms with Gasteiger partial charge in [-0.3, -0.25) is 0 Å². The molecule has 3 aromatic carbocycles. The van der Waals surface area contributed by atoms with Crippen LogP contribution >= 0.6 is 11.6 Å². The van der Waals surface area contributed by atoms with E-state index in [1.54, 1.807) is 18.2 Å². The summed E-state index contributed by atoms with van der Waals surface area (Å²) in [6.07, 6.45) is 0. The van der Waals surface area contributed by atoms with Crippen molar-refractivity contribution in [2.24, 2.45) is 9.50 Å². The van der Waals surface area contributed by atoms with Gasteiger partial charge in [0.05, 0.1) is 17.2 Å². The summed E-state index contributed by atoms with van der Waals surface area (Å²) in [5, 5.41) is 5.88. The molecule has 1 heterocycles. The SMILES string of the molecule is O=S(=O)(N=C(Cl)N1C[C@H](c2ccccc2)C(c2ccccc2)=N1)c1ccccc1. The molecule has 0 fully saturated rings. The minimum Gasteiger partial charge on any atom is -0.236 e. The molecule has 3 aromatic rings. The minimum atomic E-state index is -3.92. The lowest BCUT2D eigenvalue weighted by atomic mass is 9.91. The van der Waals surface area contributed by atoms with E-state index in [-0.39, 0.29) is 16.1 Å². The summed E-state index contributed by atoms with van der Waals surface area (Å²) in [5.74, 6) is -0.0537. The molecule has 1 atom stereocenters. The van der Waals surface area contributed by atoms with Crippen LogP contribution in [-0.2, 0) is 10.0 Å². The fourth-order valence-electron chi connectivity index (χ4n) is 3.22. The molecule has 1 aliphatic rings. The number of sulfonamides is 1. The van der Waals surface area contributed by atoms with E-state index in [4.69, 9.17) is 11.6 Å². The lowest BCUT2D eigenvalue weighted by Gasteiger charge is -2.15. The Bertz CT molecular complexity index is 1150. The van der Waals surface area contributed by atoms with Crippen LogP contribution in [0.25, 0.3) is 0 Å². The molecule has 0 aliphatic carbocycles. The summed E-state index contributed by atoms with van der Waals surface area (Å²) in [5.41, 5.74) is 2.86. The number of amidine groups is 1. The first-order chi connectivity index (χ1) is 14.0. The predicted molar refractivity (Wildman–Crippen MR) is 116 cm³/mol. The number of benzene rings is 3. The van der Waals surface area contributed by atoms with Crippen LogP contribution in [0, 0.1) is 0 Å². The summed E-state index contributed by atoms with van der Waals surface area (Å²) in [4.78, 5) is 0.0872. The van der Waals surface area contributed by atoms with Crippen molar-refractivity contribution >= 4 is 32.6 Å². The maximum Gasteiger partial charge on any atom is 0.285 e. The molecule has 7 heteroatoms. The van der Waals surface area contributed by atoms with E-state index in [0.717, 1.165) is 16.8 Å². The van der Waals surface area contributed by atoms with Crippen molar-refractivity contribution in [2.75, 3.05) is 6.54 Å². The fraction of sp³-hybridized carbons (Fsp3) is 0.0909. The summed E-state index contributed by atoms with van der Waals surface area (Å²) in [6, 6.07) is 27.7. The molecular formula is C22H18ClN3O2S. The standard InChI is InChI=1S/C22H18ClN3O2S/c23-22(25-29(27,28)19-14-8-3-9-15-19)26-16-20(17-10-4-1-5-11-17)21(24-26)18-12-6-2-7-13-18/h1-15,20H,16H2/t20-/m1/s1. The zero-order valence-electron chi connectivity index (χ0n) is 15.4. The van der Waals surface area contributed by atoms with E-state index in [0.29, 0.717) is 6.54 Å². The quantitative estimate of drug-likeness (QED) is 0.353. The monoisotopic (exact) mass is 423 g/mol. The normalized spacial score (nSPS) is 17.3. The zero-order chi connectivity index (χ0) is 20.3. The van der Waals surface area contributed by atoms with Crippen molar-refractivity contribution in [1.29, 1.82) is 0 Å². The number of rotatable bonds is 4. The summed E-state index contributed by atoms with van der Waals surface area (Å²) in [6.45, 7) is 0.404. The molecule has 0 spiro atoms. The largest absolute Gasteiger partial charge is 0.285 e. The molecule has 0 amide bonds. The molecule has 4 rings (SSSR count). The average Bonchev–Trinajstić information content (AvgIpc) is 3.21. The first-order valence-corrected chi connectivity index (χ1v) is 10.9. The molecule has 0 unspecified atom stereocenters. The van der Waals surface area contributed by atoms with Crippen LogP contribution in [0.1, 0.15) is 17.0 Å². The Morgan fingerprint density at radius 1 is 0.897 bits per heavy atom. The maximum absolute atomic E-state index is 12.6. The van der Waals surface area contributed by atoms with Crippen molar-refractivity contribution in [3.63, 3.8) is 0 Å². The van der Waals surface area contributed by atoms with E-state index in [1.807, 2.05) is 60.7 Å². The third-order valence-corrected chi connectivity index (χ3v) is 6.30. The van der Waals surface area contributed by atoms with Gasteiger partial charge >= 0.3 is 0 Å².